The van der Waals surface area contributed by atoms with E-state index < -0.39 is 6.16 Å². The Balaban J connectivity index is 2.73. The minimum atomic E-state index is -1.39. The molecule has 0 aromatic carbocycles. The molecule has 76 valence electrons. The molecule has 0 bridgehead atoms. The van der Waals surface area contributed by atoms with Crippen molar-refractivity contribution in [1.29, 1.82) is 0 Å². The number of hydrogen-bond donors (Lipinski definition) is 1. The summed E-state index contributed by atoms with van der Waals surface area (Å²) in [5, 5.41) is 8.34. The normalized spacial score (nSPS) is 9.93. The van der Waals surface area contributed by atoms with Gasteiger partial charge in [0, 0.05) is 12.1 Å². The van der Waals surface area contributed by atoms with E-state index in [4.69, 9.17) is 9.84 Å². The highest BCUT2D eigenvalue weighted by Gasteiger charge is 2.04. The lowest BCUT2D eigenvalue weighted by molar-refractivity contribution is 0.141. The summed E-state index contributed by atoms with van der Waals surface area (Å²) < 4.78 is 9.61. The van der Waals surface area contributed by atoms with Crippen LogP contribution < -0.4 is 9.47 Å². The van der Waals surface area contributed by atoms with E-state index in [0.717, 1.165) is 0 Å². The Labute approximate surface area is 81.3 Å². The Bertz CT molecular complexity index is 324. The molecule has 0 aliphatic carbocycles. The van der Waals surface area contributed by atoms with Crippen LogP contribution in [0.2, 0.25) is 0 Å². The van der Waals surface area contributed by atoms with Gasteiger partial charge < -0.3 is 14.6 Å². The lowest BCUT2D eigenvalue weighted by Gasteiger charge is -2.08. The number of aromatic nitrogens is 1. The molecule has 0 amide bonds. The summed E-state index contributed by atoms with van der Waals surface area (Å²) in [6.07, 6.45) is -1.40. The van der Waals surface area contributed by atoms with Crippen LogP contribution in [-0.2, 0) is 0 Å². The topological polar surface area (TPSA) is 68.7 Å². The standard InChI is InChI=1S/C9H11NO4/c1-6(2)13-7-4-3-5-8(10-7)14-9(11)12/h3-6H,1-2H3,(H,11,12). The summed E-state index contributed by atoms with van der Waals surface area (Å²) in [5.74, 6) is 0.356. The van der Waals surface area contributed by atoms with E-state index in [1.54, 1.807) is 12.1 Å². The maximum Gasteiger partial charge on any atom is 0.512 e. The van der Waals surface area contributed by atoms with Gasteiger partial charge in [0.05, 0.1) is 6.10 Å². The first kappa shape index (κ1) is 10.3. The van der Waals surface area contributed by atoms with Crippen molar-refractivity contribution in [3.05, 3.63) is 18.2 Å². The first-order valence-electron chi connectivity index (χ1n) is 4.12. The molecule has 5 heteroatoms. The van der Waals surface area contributed by atoms with Gasteiger partial charge in [-0.15, -0.1) is 0 Å². The van der Waals surface area contributed by atoms with Gasteiger partial charge in [0.2, 0.25) is 11.8 Å². The van der Waals surface area contributed by atoms with Crippen LogP contribution in [0.1, 0.15) is 13.8 Å². The Morgan fingerprint density at radius 3 is 2.64 bits per heavy atom. The van der Waals surface area contributed by atoms with E-state index in [1.807, 2.05) is 13.8 Å². The van der Waals surface area contributed by atoms with Gasteiger partial charge in [-0.1, -0.05) is 6.07 Å². The first-order valence-corrected chi connectivity index (χ1v) is 4.12. The fourth-order valence-corrected chi connectivity index (χ4v) is 0.849. The summed E-state index contributed by atoms with van der Waals surface area (Å²) in [5.41, 5.74) is 0. The molecule has 5 nitrogen and oxygen atoms in total. The fourth-order valence-electron chi connectivity index (χ4n) is 0.849. The van der Waals surface area contributed by atoms with Gasteiger partial charge in [0.1, 0.15) is 0 Å². The monoisotopic (exact) mass is 197 g/mol. The quantitative estimate of drug-likeness (QED) is 0.749. The van der Waals surface area contributed by atoms with Crippen molar-refractivity contribution in [1.82, 2.24) is 4.98 Å². The van der Waals surface area contributed by atoms with Crippen LogP contribution >= 0.6 is 0 Å². The van der Waals surface area contributed by atoms with Crippen LogP contribution in [0.4, 0.5) is 4.79 Å². The van der Waals surface area contributed by atoms with E-state index in [2.05, 4.69) is 9.72 Å². The Morgan fingerprint density at radius 2 is 2.07 bits per heavy atom. The second-order valence-electron chi connectivity index (χ2n) is 2.85. The van der Waals surface area contributed by atoms with Crippen molar-refractivity contribution in [3.63, 3.8) is 0 Å². The molecule has 1 aromatic rings. The lowest BCUT2D eigenvalue weighted by Crippen LogP contribution is -2.08. The number of rotatable bonds is 3. The summed E-state index contributed by atoms with van der Waals surface area (Å²) >= 11 is 0. The zero-order valence-electron chi connectivity index (χ0n) is 7.93. The smallest absolute Gasteiger partial charge is 0.475 e. The van der Waals surface area contributed by atoms with Crippen molar-refractivity contribution in [2.24, 2.45) is 0 Å². The van der Waals surface area contributed by atoms with Gasteiger partial charge in [0.25, 0.3) is 0 Å². The van der Waals surface area contributed by atoms with Gasteiger partial charge in [-0.2, -0.15) is 4.98 Å². The molecule has 0 unspecified atom stereocenters. The molecule has 0 saturated carbocycles. The van der Waals surface area contributed by atoms with Crippen molar-refractivity contribution in [3.8, 4) is 11.8 Å². The summed E-state index contributed by atoms with van der Waals surface area (Å²) in [6, 6.07) is 4.69. The largest absolute Gasteiger partial charge is 0.512 e. The number of carboxylic acid groups (broad SMARTS) is 1. The SMILES string of the molecule is CC(C)Oc1cccc(OC(=O)O)n1. The summed E-state index contributed by atoms with van der Waals surface area (Å²) in [6.45, 7) is 3.71. The molecule has 0 atom stereocenters. The molecule has 0 saturated heterocycles. The minimum Gasteiger partial charge on any atom is -0.475 e. The molecule has 0 fully saturated rings. The third kappa shape index (κ3) is 3.30. The molecule has 1 heterocycles. The first-order chi connectivity index (χ1) is 6.58. The van der Waals surface area contributed by atoms with Gasteiger partial charge in [-0.25, -0.2) is 4.79 Å². The van der Waals surface area contributed by atoms with Crippen LogP contribution in [0.25, 0.3) is 0 Å². The van der Waals surface area contributed by atoms with Gasteiger partial charge in [0.15, 0.2) is 0 Å². The van der Waals surface area contributed by atoms with E-state index in [9.17, 15) is 4.79 Å². The van der Waals surface area contributed by atoms with Crippen molar-refractivity contribution in [2.75, 3.05) is 0 Å². The van der Waals surface area contributed by atoms with Crippen LogP contribution in [-0.4, -0.2) is 22.3 Å². The van der Waals surface area contributed by atoms with Gasteiger partial charge in [-0.3, -0.25) is 0 Å². The number of pyridine rings is 1. The third-order valence-electron chi connectivity index (χ3n) is 1.25. The van der Waals surface area contributed by atoms with E-state index in [-0.39, 0.29) is 12.0 Å². The predicted molar refractivity (Wildman–Crippen MR) is 48.7 cm³/mol. The molecular formula is C9H11NO4. The summed E-state index contributed by atoms with van der Waals surface area (Å²) in [7, 11) is 0. The van der Waals surface area contributed by atoms with E-state index >= 15 is 0 Å². The molecule has 1 rings (SSSR count). The average Bonchev–Trinajstić information content (AvgIpc) is 2.01. The number of nitrogens with zero attached hydrogens (tertiary/aromatic N) is 1. The molecule has 0 radical (unpaired) electrons. The third-order valence-corrected chi connectivity index (χ3v) is 1.25. The molecule has 0 aliphatic rings. The highest BCUT2D eigenvalue weighted by atomic mass is 16.7. The molecule has 0 spiro atoms. The van der Waals surface area contributed by atoms with Crippen molar-refractivity contribution < 1.29 is 19.4 Å². The van der Waals surface area contributed by atoms with Crippen LogP contribution in [0.15, 0.2) is 18.2 Å². The molecule has 14 heavy (non-hydrogen) atoms. The van der Waals surface area contributed by atoms with Crippen LogP contribution in [0.5, 0.6) is 11.8 Å². The summed E-state index contributed by atoms with van der Waals surface area (Å²) in [4.78, 5) is 14.0. The highest BCUT2D eigenvalue weighted by Crippen LogP contribution is 2.14. The zero-order chi connectivity index (χ0) is 10.6. The Kier molecular flexibility index (Phi) is 3.28. The Morgan fingerprint density at radius 1 is 1.43 bits per heavy atom. The lowest BCUT2D eigenvalue weighted by atomic mass is 10.4. The minimum absolute atomic E-state index is 0.00986. The highest BCUT2D eigenvalue weighted by molar-refractivity contribution is 5.60. The van der Waals surface area contributed by atoms with Gasteiger partial charge in [-0.05, 0) is 13.8 Å². The fraction of sp³-hybridized carbons (Fsp3) is 0.333. The maximum absolute atomic E-state index is 10.2. The van der Waals surface area contributed by atoms with Crippen molar-refractivity contribution >= 4 is 6.16 Å². The van der Waals surface area contributed by atoms with Crippen LogP contribution in [0.3, 0.4) is 0 Å². The van der Waals surface area contributed by atoms with E-state index in [1.165, 1.54) is 6.07 Å². The molecular weight excluding hydrogens is 186 g/mol. The van der Waals surface area contributed by atoms with E-state index in [0.29, 0.717) is 5.88 Å². The average molecular weight is 197 g/mol. The van der Waals surface area contributed by atoms with Crippen molar-refractivity contribution in [2.45, 2.75) is 20.0 Å². The molecule has 1 aromatic heterocycles. The second kappa shape index (κ2) is 4.45. The number of hydrogen-bond acceptors (Lipinski definition) is 4. The predicted octanol–water partition coefficient (Wildman–Crippen LogP) is 1.93. The molecule has 1 N–H and O–H groups in total. The number of ether oxygens (including phenoxy) is 2. The molecule has 0 aliphatic heterocycles. The maximum atomic E-state index is 10.2. The second-order valence-corrected chi connectivity index (χ2v) is 2.85. The van der Waals surface area contributed by atoms with Gasteiger partial charge >= 0.3 is 6.16 Å². The Hall–Kier alpha value is -1.78. The van der Waals surface area contributed by atoms with Crippen LogP contribution in [0, 0.1) is 0 Å². The number of carbonyl (C=O) groups is 1. The zero-order valence-corrected chi connectivity index (χ0v) is 7.93.